The fourth-order valence-corrected chi connectivity index (χ4v) is 6.70. The number of carbonyl (C=O) groups excluding carboxylic acids is 7. The number of hydrogen-bond acceptors (Lipinski definition) is 9. The van der Waals surface area contributed by atoms with Crippen LogP contribution in [0, 0.1) is 17.8 Å². The Morgan fingerprint density at radius 3 is 2.19 bits per heavy atom. The molecule has 2 fully saturated rings. The summed E-state index contributed by atoms with van der Waals surface area (Å²) in [7, 11) is 0. The second kappa shape index (κ2) is 20.1. The molecule has 1 aliphatic carbocycles. The predicted molar refractivity (Wildman–Crippen MR) is 197 cm³/mol. The first kappa shape index (κ1) is 42.9. The van der Waals surface area contributed by atoms with Gasteiger partial charge in [0.05, 0.1) is 19.2 Å². The summed E-state index contributed by atoms with van der Waals surface area (Å²) in [5, 5.41) is 10.4. The Kier molecular flexibility index (Phi) is 16.3. The van der Waals surface area contributed by atoms with Gasteiger partial charge in [0.1, 0.15) is 17.7 Å². The highest BCUT2D eigenvalue weighted by molar-refractivity contribution is 6.38. The van der Waals surface area contributed by atoms with Gasteiger partial charge < -0.3 is 35.6 Å². The van der Waals surface area contributed by atoms with Crippen molar-refractivity contribution in [1.82, 2.24) is 26.2 Å². The number of nitrogens with one attached hydrogen (secondary N) is 4. The fraction of sp³-hybridized carbons (Fsp3) is 0.667. The van der Waals surface area contributed by atoms with E-state index in [0.29, 0.717) is 18.4 Å². The van der Waals surface area contributed by atoms with Crippen LogP contribution in [0.1, 0.15) is 111 Å². The highest BCUT2D eigenvalue weighted by Gasteiger charge is 2.44. The molecule has 0 radical (unpaired) electrons. The number of rotatable bonds is 16. The molecule has 1 saturated heterocycles. The molecule has 1 saturated carbocycles. The van der Waals surface area contributed by atoms with Crippen molar-refractivity contribution in [3.63, 3.8) is 0 Å². The molecule has 1 aliphatic heterocycles. The Bertz CT molecular complexity index is 1440. The van der Waals surface area contributed by atoms with Gasteiger partial charge in [0, 0.05) is 6.54 Å². The number of Topliss-reactive ketones (excluding diaryl/α,β-unsaturated/α-hetero) is 1. The first-order chi connectivity index (χ1) is 25.0. The summed E-state index contributed by atoms with van der Waals surface area (Å²) in [5.74, 6) is -4.41. The molecule has 294 valence electrons. The van der Waals surface area contributed by atoms with Gasteiger partial charge in [-0.15, -0.1) is 0 Å². The zero-order chi connectivity index (χ0) is 39.3. The normalized spacial score (nSPS) is 19.4. The maximum atomic E-state index is 14.1. The summed E-state index contributed by atoms with van der Waals surface area (Å²) in [6.45, 7) is 12.5. The number of amides is 5. The van der Waals surface area contributed by atoms with E-state index >= 15 is 0 Å². The lowest BCUT2D eigenvalue weighted by molar-refractivity contribution is -0.158. The topological polar surface area (TPSA) is 189 Å². The van der Waals surface area contributed by atoms with E-state index in [2.05, 4.69) is 21.3 Å². The number of hydrogen-bond donors (Lipinski definition) is 4. The van der Waals surface area contributed by atoms with E-state index in [4.69, 9.17) is 9.47 Å². The zero-order valence-corrected chi connectivity index (χ0v) is 32.3. The molecule has 1 heterocycles. The van der Waals surface area contributed by atoms with Crippen LogP contribution in [0.3, 0.4) is 0 Å². The quantitative estimate of drug-likeness (QED) is 0.145. The number of ether oxygens (including phenoxy) is 2. The first-order valence-electron chi connectivity index (χ1n) is 18.9. The molecule has 0 bridgehead atoms. The highest BCUT2D eigenvalue weighted by atomic mass is 16.6. The number of benzene rings is 1. The minimum absolute atomic E-state index is 0.0304. The molecule has 5 amide bonds. The molecule has 0 aromatic heterocycles. The van der Waals surface area contributed by atoms with Gasteiger partial charge >= 0.3 is 12.1 Å². The monoisotopic (exact) mass is 741 g/mol. The van der Waals surface area contributed by atoms with Crippen LogP contribution in [0.15, 0.2) is 30.3 Å². The minimum atomic E-state index is -1.21. The van der Waals surface area contributed by atoms with Crippen LogP contribution in [0.4, 0.5) is 4.79 Å². The van der Waals surface area contributed by atoms with Crippen LogP contribution < -0.4 is 21.3 Å². The highest BCUT2D eigenvalue weighted by Crippen LogP contribution is 2.31. The average molecular weight is 742 g/mol. The summed E-state index contributed by atoms with van der Waals surface area (Å²) in [4.78, 5) is 94.4. The van der Waals surface area contributed by atoms with Crippen molar-refractivity contribution in [1.29, 1.82) is 0 Å². The van der Waals surface area contributed by atoms with Crippen molar-refractivity contribution in [3.05, 3.63) is 35.9 Å². The largest absolute Gasteiger partial charge is 0.458 e. The van der Waals surface area contributed by atoms with Crippen LogP contribution >= 0.6 is 0 Å². The summed E-state index contributed by atoms with van der Waals surface area (Å²) < 4.78 is 10.8. The van der Waals surface area contributed by atoms with Crippen molar-refractivity contribution < 1.29 is 43.0 Å². The average Bonchev–Trinajstić information content (AvgIpc) is 3.51. The van der Waals surface area contributed by atoms with Crippen LogP contribution in [0.2, 0.25) is 0 Å². The number of ketones is 1. The first-order valence-corrected chi connectivity index (χ1v) is 18.9. The van der Waals surface area contributed by atoms with Gasteiger partial charge in [-0.2, -0.15) is 0 Å². The van der Waals surface area contributed by atoms with Crippen molar-refractivity contribution in [2.45, 2.75) is 130 Å². The maximum Gasteiger partial charge on any atom is 0.407 e. The molecule has 2 aliphatic rings. The SMILES string of the molecule is CCCC(NC(=O)[C@@H]1C[C@@H](C)CN1C(=O)[C@@H](NC(=O)OCC(C)C)C1CCCCC1)C(=O)C(=O)NCC(=O)N[C@H](C(=O)OC(C)(C)C)c1ccccc1. The number of carbonyl (C=O) groups is 7. The molecule has 0 spiro atoms. The number of alkyl carbamates (subject to hydrolysis) is 1. The van der Waals surface area contributed by atoms with E-state index < -0.39 is 71.9 Å². The van der Waals surface area contributed by atoms with Crippen LogP contribution in [0.25, 0.3) is 0 Å². The minimum Gasteiger partial charge on any atom is -0.458 e. The van der Waals surface area contributed by atoms with Gasteiger partial charge in [-0.3, -0.25) is 24.0 Å². The molecule has 1 aromatic rings. The molecule has 5 atom stereocenters. The molecule has 53 heavy (non-hydrogen) atoms. The Morgan fingerprint density at radius 2 is 1.58 bits per heavy atom. The van der Waals surface area contributed by atoms with Gasteiger partial charge in [-0.25, -0.2) is 9.59 Å². The van der Waals surface area contributed by atoms with Gasteiger partial charge in [0.2, 0.25) is 23.5 Å². The van der Waals surface area contributed by atoms with Crippen molar-refractivity contribution in [3.8, 4) is 0 Å². The number of nitrogens with zero attached hydrogens (tertiary/aromatic N) is 1. The smallest absolute Gasteiger partial charge is 0.407 e. The lowest BCUT2D eigenvalue weighted by Crippen LogP contribution is -2.58. The maximum absolute atomic E-state index is 14.1. The standard InChI is InChI=1S/C39H59N5O9/c1-8-15-28(33(46)35(48)40-21-30(45)42-32(27-18-13-10-14-19-27)37(50)53-39(5,6)7)41-34(47)29-20-25(4)22-44(29)36(49)31(26-16-11-9-12-17-26)43-38(51)52-23-24(2)3/h10,13-14,18-19,24-26,28-29,31-32H,8-9,11-12,15-17,20-23H2,1-7H3,(H,40,48)(H,41,47)(H,42,45)(H,43,51)/t25-,28?,29+,31+,32+/m1/s1. The lowest BCUT2D eigenvalue weighted by Gasteiger charge is -2.34. The Hall–Kier alpha value is -4.49. The van der Waals surface area contributed by atoms with Crippen LogP contribution in [-0.4, -0.2) is 89.8 Å². The number of esters is 1. The molecule has 14 nitrogen and oxygen atoms in total. The van der Waals surface area contributed by atoms with Gasteiger partial charge in [-0.1, -0.05) is 83.7 Å². The summed E-state index contributed by atoms with van der Waals surface area (Å²) in [5.41, 5.74) is -0.339. The zero-order valence-electron chi connectivity index (χ0n) is 32.3. The Labute approximate surface area is 313 Å². The second-order valence-electron chi connectivity index (χ2n) is 15.7. The van der Waals surface area contributed by atoms with Gasteiger partial charge in [0.25, 0.3) is 5.91 Å². The van der Waals surface area contributed by atoms with E-state index in [-0.39, 0.29) is 43.2 Å². The van der Waals surface area contributed by atoms with E-state index in [1.807, 2.05) is 20.8 Å². The number of likely N-dealkylation sites (tertiary alicyclic amines) is 1. The molecule has 14 heteroatoms. The summed E-state index contributed by atoms with van der Waals surface area (Å²) in [6, 6.07) is 4.35. The molecule has 1 aromatic carbocycles. The third kappa shape index (κ3) is 13.5. The third-order valence-corrected chi connectivity index (χ3v) is 9.23. The predicted octanol–water partition coefficient (Wildman–Crippen LogP) is 3.72. The van der Waals surface area contributed by atoms with Crippen molar-refractivity contribution in [2.24, 2.45) is 17.8 Å². The lowest BCUT2D eigenvalue weighted by atomic mass is 9.83. The van der Waals surface area contributed by atoms with Crippen molar-refractivity contribution >= 4 is 41.5 Å². The Morgan fingerprint density at radius 1 is 0.925 bits per heavy atom. The van der Waals surface area contributed by atoms with Crippen LogP contribution in [0.5, 0.6) is 0 Å². The van der Waals surface area contributed by atoms with E-state index in [1.54, 1.807) is 58.0 Å². The van der Waals surface area contributed by atoms with E-state index in [1.165, 1.54) is 4.90 Å². The van der Waals surface area contributed by atoms with Gasteiger partial charge in [0.15, 0.2) is 6.04 Å². The second-order valence-corrected chi connectivity index (χ2v) is 15.7. The van der Waals surface area contributed by atoms with E-state index in [9.17, 15) is 33.6 Å². The summed E-state index contributed by atoms with van der Waals surface area (Å²) in [6.07, 6.45) is 4.68. The Balaban J connectivity index is 1.68. The molecular weight excluding hydrogens is 682 g/mol. The van der Waals surface area contributed by atoms with Crippen LogP contribution in [-0.2, 0) is 38.2 Å². The third-order valence-electron chi connectivity index (χ3n) is 9.23. The van der Waals surface area contributed by atoms with Gasteiger partial charge in [-0.05, 0) is 69.8 Å². The molecule has 4 N–H and O–H groups in total. The molecular formula is C39H59N5O9. The molecule has 1 unspecified atom stereocenters. The molecule has 3 rings (SSSR count). The fourth-order valence-electron chi connectivity index (χ4n) is 6.70. The van der Waals surface area contributed by atoms with Crippen molar-refractivity contribution in [2.75, 3.05) is 19.7 Å². The van der Waals surface area contributed by atoms with E-state index in [0.717, 1.165) is 32.1 Å². The summed E-state index contributed by atoms with van der Waals surface area (Å²) >= 11 is 0.